The molecule has 2 nitrogen and oxygen atoms in total. The Hall–Kier alpha value is -1.48. The molecule has 2 atom stereocenters. The van der Waals surface area contributed by atoms with E-state index in [1.807, 2.05) is 0 Å². The van der Waals surface area contributed by atoms with Crippen LogP contribution < -0.4 is 0 Å². The first-order valence-electron chi connectivity index (χ1n) is 7.88. The number of fused-ring (bicyclic) bond motifs is 1. The van der Waals surface area contributed by atoms with Gasteiger partial charge >= 0.3 is 0 Å². The molecule has 112 valence electrons. The monoisotopic (exact) mass is 287 g/mol. The first kappa shape index (κ1) is 14.5. The predicted octanol–water partition coefficient (Wildman–Crippen LogP) is 3.69. The van der Waals surface area contributed by atoms with E-state index in [2.05, 4.69) is 17.1 Å². The van der Waals surface area contributed by atoms with E-state index in [9.17, 15) is 9.18 Å². The van der Waals surface area contributed by atoms with Gasteiger partial charge in [-0.05, 0) is 61.9 Å². The van der Waals surface area contributed by atoms with Crippen LogP contribution in [0, 0.1) is 17.7 Å². The van der Waals surface area contributed by atoms with Crippen LogP contribution in [-0.2, 0) is 0 Å². The normalized spacial score (nSPS) is 25.0. The van der Waals surface area contributed by atoms with Crippen LogP contribution in [0.3, 0.4) is 0 Å². The lowest BCUT2D eigenvalue weighted by Crippen LogP contribution is -2.22. The summed E-state index contributed by atoms with van der Waals surface area (Å²) in [6, 6.07) is 5.86. The molecule has 1 aliphatic carbocycles. The average Bonchev–Trinajstić information content (AvgIpc) is 2.90. The van der Waals surface area contributed by atoms with Crippen molar-refractivity contribution in [1.82, 2.24) is 4.90 Å². The maximum Gasteiger partial charge on any atom is 0.162 e. The molecule has 1 aromatic carbocycles. The Morgan fingerprint density at radius 2 is 1.71 bits per heavy atom. The van der Waals surface area contributed by atoms with Gasteiger partial charge in [0.25, 0.3) is 0 Å². The van der Waals surface area contributed by atoms with E-state index >= 15 is 0 Å². The number of likely N-dealkylation sites (tertiary alicyclic amines) is 1. The van der Waals surface area contributed by atoms with Crippen LogP contribution in [0.1, 0.15) is 36.0 Å². The van der Waals surface area contributed by atoms with Gasteiger partial charge in [0.2, 0.25) is 0 Å². The standard InChI is InChI=1S/C18H22FNO/c19-17-9-7-14(8-10-17)18(21)6-3-11-20-12-15-4-1-2-5-16(15)13-20/h1-2,7-10,15-16H,3-6,11-13H2. The third-order valence-electron chi connectivity index (χ3n) is 4.74. The van der Waals surface area contributed by atoms with Crippen molar-refractivity contribution in [2.24, 2.45) is 11.8 Å². The van der Waals surface area contributed by atoms with Gasteiger partial charge < -0.3 is 4.90 Å². The summed E-state index contributed by atoms with van der Waals surface area (Å²) in [4.78, 5) is 14.5. The highest BCUT2D eigenvalue weighted by Crippen LogP contribution is 2.32. The molecule has 0 N–H and O–H groups in total. The minimum Gasteiger partial charge on any atom is -0.303 e. The summed E-state index contributed by atoms with van der Waals surface area (Å²) < 4.78 is 12.8. The summed E-state index contributed by atoms with van der Waals surface area (Å²) in [7, 11) is 0. The van der Waals surface area contributed by atoms with Crippen LogP contribution >= 0.6 is 0 Å². The number of rotatable bonds is 5. The predicted molar refractivity (Wildman–Crippen MR) is 81.8 cm³/mol. The maximum atomic E-state index is 12.8. The van der Waals surface area contributed by atoms with Crippen molar-refractivity contribution < 1.29 is 9.18 Å². The van der Waals surface area contributed by atoms with Crippen molar-refractivity contribution in [2.75, 3.05) is 19.6 Å². The van der Waals surface area contributed by atoms with Crippen LogP contribution in [0.15, 0.2) is 36.4 Å². The molecular weight excluding hydrogens is 265 g/mol. The Bertz CT molecular complexity index is 507. The van der Waals surface area contributed by atoms with Gasteiger partial charge in [0, 0.05) is 25.1 Å². The van der Waals surface area contributed by atoms with Gasteiger partial charge in [0.15, 0.2) is 5.78 Å². The molecule has 1 fully saturated rings. The van der Waals surface area contributed by atoms with Crippen LogP contribution in [-0.4, -0.2) is 30.3 Å². The molecule has 0 bridgehead atoms. The fourth-order valence-electron chi connectivity index (χ4n) is 3.54. The number of halogens is 1. The second-order valence-corrected chi connectivity index (χ2v) is 6.26. The second-order valence-electron chi connectivity index (χ2n) is 6.26. The van der Waals surface area contributed by atoms with Crippen LogP contribution in [0.2, 0.25) is 0 Å². The van der Waals surface area contributed by atoms with Gasteiger partial charge in [-0.25, -0.2) is 4.39 Å². The zero-order chi connectivity index (χ0) is 14.7. The number of benzene rings is 1. The first-order valence-corrected chi connectivity index (χ1v) is 7.88. The highest BCUT2D eigenvalue weighted by atomic mass is 19.1. The lowest BCUT2D eigenvalue weighted by molar-refractivity contribution is 0.0976. The number of carbonyl (C=O) groups excluding carboxylic acids is 1. The summed E-state index contributed by atoms with van der Waals surface area (Å²) in [6.07, 6.45) is 8.50. The molecule has 0 amide bonds. The van der Waals surface area contributed by atoms with Crippen molar-refractivity contribution in [3.05, 3.63) is 47.8 Å². The fraction of sp³-hybridized carbons (Fsp3) is 0.500. The van der Waals surface area contributed by atoms with Gasteiger partial charge in [-0.3, -0.25) is 4.79 Å². The van der Waals surface area contributed by atoms with Crippen LogP contribution in [0.25, 0.3) is 0 Å². The van der Waals surface area contributed by atoms with Gasteiger partial charge in [-0.2, -0.15) is 0 Å². The number of carbonyl (C=O) groups is 1. The molecule has 1 heterocycles. The van der Waals surface area contributed by atoms with Gasteiger partial charge in [-0.1, -0.05) is 12.2 Å². The maximum absolute atomic E-state index is 12.8. The molecular formula is C18H22FNO. The zero-order valence-corrected chi connectivity index (χ0v) is 12.3. The van der Waals surface area contributed by atoms with Gasteiger partial charge in [-0.15, -0.1) is 0 Å². The van der Waals surface area contributed by atoms with E-state index in [-0.39, 0.29) is 11.6 Å². The Balaban J connectivity index is 1.42. The molecule has 1 aliphatic heterocycles. The largest absolute Gasteiger partial charge is 0.303 e. The quantitative estimate of drug-likeness (QED) is 0.608. The van der Waals surface area contributed by atoms with Gasteiger partial charge in [0.1, 0.15) is 5.82 Å². The number of nitrogens with zero attached hydrogens (tertiary/aromatic N) is 1. The Labute approximate surface area is 125 Å². The second kappa shape index (κ2) is 6.52. The Morgan fingerprint density at radius 3 is 2.33 bits per heavy atom. The molecule has 0 spiro atoms. The number of hydrogen-bond donors (Lipinski definition) is 0. The summed E-state index contributed by atoms with van der Waals surface area (Å²) in [5, 5.41) is 0. The minimum atomic E-state index is -0.292. The van der Waals surface area contributed by atoms with Crippen molar-refractivity contribution in [2.45, 2.75) is 25.7 Å². The lowest BCUT2D eigenvalue weighted by Gasteiger charge is -2.18. The van der Waals surface area contributed by atoms with Crippen molar-refractivity contribution in [3.8, 4) is 0 Å². The van der Waals surface area contributed by atoms with E-state index in [1.54, 1.807) is 12.1 Å². The number of Topliss-reactive ketones (excluding diaryl/α,β-unsaturated/α-hetero) is 1. The van der Waals surface area contributed by atoms with Gasteiger partial charge in [0.05, 0.1) is 0 Å². The van der Waals surface area contributed by atoms with E-state index in [0.29, 0.717) is 12.0 Å². The van der Waals surface area contributed by atoms with Crippen molar-refractivity contribution in [3.63, 3.8) is 0 Å². The molecule has 2 unspecified atom stereocenters. The molecule has 3 heteroatoms. The smallest absolute Gasteiger partial charge is 0.162 e. The van der Waals surface area contributed by atoms with E-state index in [4.69, 9.17) is 0 Å². The topological polar surface area (TPSA) is 20.3 Å². The molecule has 3 rings (SSSR count). The number of allylic oxidation sites excluding steroid dienone is 2. The van der Waals surface area contributed by atoms with E-state index < -0.39 is 0 Å². The van der Waals surface area contributed by atoms with E-state index in [0.717, 1.165) is 24.8 Å². The average molecular weight is 287 g/mol. The summed E-state index contributed by atoms with van der Waals surface area (Å²) >= 11 is 0. The molecule has 1 saturated heterocycles. The molecule has 0 saturated carbocycles. The highest BCUT2D eigenvalue weighted by Gasteiger charge is 2.32. The highest BCUT2D eigenvalue weighted by molar-refractivity contribution is 5.95. The Morgan fingerprint density at radius 1 is 1.10 bits per heavy atom. The number of hydrogen-bond acceptors (Lipinski definition) is 2. The first-order chi connectivity index (χ1) is 10.2. The van der Waals surface area contributed by atoms with E-state index in [1.165, 1.54) is 38.1 Å². The zero-order valence-electron chi connectivity index (χ0n) is 12.3. The molecule has 1 aromatic rings. The number of ketones is 1. The fourth-order valence-corrected chi connectivity index (χ4v) is 3.54. The summed E-state index contributed by atoms with van der Waals surface area (Å²) in [5.74, 6) is 1.47. The molecule has 2 aliphatic rings. The summed E-state index contributed by atoms with van der Waals surface area (Å²) in [5.41, 5.74) is 0.621. The molecule has 0 aromatic heterocycles. The SMILES string of the molecule is O=C(CCCN1CC2CC=CCC2C1)c1ccc(F)cc1. The molecule has 0 radical (unpaired) electrons. The Kier molecular flexibility index (Phi) is 4.49. The lowest BCUT2D eigenvalue weighted by atomic mass is 9.86. The molecule has 21 heavy (non-hydrogen) atoms. The third-order valence-corrected chi connectivity index (χ3v) is 4.74. The van der Waals surface area contributed by atoms with Crippen LogP contribution in [0.5, 0.6) is 0 Å². The summed E-state index contributed by atoms with van der Waals surface area (Å²) in [6.45, 7) is 3.36. The van der Waals surface area contributed by atoms with Crippen molar-refractivity contribution in [1.29, 1.82) is 0 Å². The van der Waals surface area contributed by atoms with Crippen LogP contribution in [0.4, 0.5) is 4.39 Å². The minimum absolute atomic E-state index is 0.119. The third kappa shape index (κ3) is 3.59. The van der Waals surface area contributed by atoms with Crippen molar-refractivity contribution >= 4 is 5.78 Å².